The van der Waals surface area contributed by atoms with Crippen LogP contribution in [0.25, 0.3) is 0 Å². The quantitative estimate of drug-likeness (QED) is 0.155. The maximum Gasteiger partial charge on any atom is 0.0763 e. The first-order valence-electron chi connectivity index (χ1n) is 11.6. The van der Waals surface area contributed by atoms with E-state index in [0.29, 0.717) is 0 Å². The minimum Gasteiger partial charge on any atom is -0.460 e. The number of anilines is 1. The fraction of sp³-hybridized carbons (Fsp3) is 0.481. The van der Waals surface area contributed by atoms with E-state index >= 15 is 0 Å². The van der Waals surface area contributed by atoms with Gasteiger partial charge in [-0.2, -0.15) is 0 Å². The van der Waals surface area contributed by atoms with Crippen molar-refractivity contribution in [2.75, 3.05) is 25.5 Å². The van der Waals surface area contributed by atoms with Gasteiger partial charge in [0, 0.05) is 19.8 Å². The molecule has 0 bridgehead atoms. The molecule has 1 aliphatic rings. The second-order valence-electron chi connectivity index (χ2n) is 9.96. The summed E-state index contributed by atoms with van der Waals surface area (Å²) >= 11 is -1.75. The largest absolute Gasteiger partial charge is 0.460 e. The number of hydrogen-bond donors (Lipinski definition) is 0. The first kappa shape index (κ1) is 28.3. The molecule has 0 amide bonds. The van der Waals surface area contributed by atoms with Crippen molar-refractivity contribution in [1.82, 2.24) is 0 Å². The molecule has 0 aromatic heterocycles. The van der Waals surface area contributed by atoms with Crippen molar-refractivity contribution in [3.8, 4) is 5.75 Å². The van der Waals surface area contributed by atoms with Crippen LogP contribution in [0.4, 0.5) is 5.69 Å². The van der Waals surface area contributed by atoms with Gasteiger partial charge in [0.1, 0.15) is 0 Å². The average Bonchev–Trinajstić information content (AvgIpc) is 2.95. The normalized spacial score (nSPS) is 16.8. The van der Waals surface area contributed by atoms with Crippen LogP contribution < -0.4 is 4.90 Å². The topological polar surface area (TPSA) is 16.0 Å². The maximum atomic E-state index is 5.83. The number of hydrogen-bond acceptors (Lipinski definition) is 1. The molecule has 2 aromatic rings. The van der Waals surface area contributed by atoms with E-state index in [1.807, 2.05) is 42.7 Å². The molecule has 0 saturated carbocycles. The Hall–Kier alpha value is -0.927. The van der Waals surface area contributed by atoms with Crippen molar-refractivity contribution in [2.24, 2.45) is 0 Å². The molecule has 3 nitrogen and oxygen atoms in total. The van der Waals surface area contributed by atoms with Gasteiger partial charge in [0.05, 0.1) is 12.1 Å². The van der Waals surface area contributed by atoms with E-state index in [0.717, 1.165) is 35.2 Å². The average molecular weight is 582 g/mol. The number of para-hydroxylation sites is 2. The number of likely N-dealkylation sites (N-methyl/N-ethyl adjacent to an activating group) is 1. The third-order valence-corrected chi connectivity index (χ3v) is 7.43. The molecule has 0 spiro atoms. The monoisotopic (exact) mass is 581 g/mol. The Morgan fingerprint density at radius 1 is 1.06 bits per heavy atom. The van der Waals surface area contributed by atoms with E-state index in [4.69, 9.17) is 19.4 Å². The zero-order valence-electron chi connectivity index (χ0n) is 21.3. The summed E-state index contributed by atoms with van der Waals surface area (Å²) in [6.45, 7) is 16.8. The minimum absolute atomic E-state index is 0.179. The van der Waals surface area contributed by atoms with E-state index < -0.39 is 13.5 Å². The molecule has 186 valence electrons. The van der Waals surface area contributed by atoms with Crippen LogP contribution in [0.3, 0.4) is 0 Å². The minimum atomic E-state index is -1.75. The predicted molar refractivity (Wildman–Crippen MR) is 143 cm³/mol. The van der Waals surface area contributed by atoms with Gasteiger partial charge in [-0.05, 0) is 44.5 Å². The van der Waals surface area contributed by atoms with E-state index in [9.17, 15) is 0 Å². The molecule has 1 aliphatic heterocycles. The number of aliphatic hydroxyl groups is 1. The third kappa shape index (κ3) is 8.06. The summed E-state index contributed by atoms with van der Waals surface area (Å²) < 4.78 is 7.36. The molecule has 1 saturated heterocycles. The van der Waals surface area contributed by atoms with Crippen LogP contribution in [0.1, 0.15) is 58.2 Å². The van der Waals surface area contributed by atoms with E-state index in [1.165, 1.54) is 16.8 Å². The summed E-state index contributed by atoms with van der Waals surface area (Å²) in [6.07, 6.45) is 2.48. The van der Waals surface area contributed by atoms with Crippen LogP contribution in [0.15, 0.2) is 42.5 Å². The Bertz CT molecular complexity index is 931. The predicted octanol–water partition coefficient (Wildman–Crippen LogP) is 7.02. The summed E-state index contributed by atoms with van der Waals surface area (Å²) in [5.41, 5.74) is 5.60. The van der Waals surface area contributed by atoms with Crippen molar-refractivity contribution >= 4 is 29.7 Å². The van der Waals surface area contributed by atoms with Crippen LogP contribution in [0.2, 0.25) is 0 Å². The summed E-state index contributed by atoms with van der Waals surface area (Å²) in [5.74, 6) is 0.975. The van der Waals surface area contributed by atoms with Gasteiger partial charge in [-0.15, -0.1) is 0 Å². The van der Waals surface area contributed by atoms with Gasteiger partial charge in [-0.25, -0.2) is 0 Å². The Morgan fingerprint density at radius 2 is 1.64 bits per heavy atom. The number of halogens is 2. The molecule has 2 aromatic carbocycles. The standard InChI is InChI=1S/C17H28N2.C10H12O.2ClH.Ru/c1-7-14-10-9-11-15(8-2)16(14)18-13-19(5,6)12-17(18,3)4;1-8(2)11-10-7-5-4-6-9(10)3;;;/h9-11,13H,7-8,12H2,1-6H3;3-8H,1-2H3;2*1H;/q;;;;+2/p-1. The number of nitrogens with zero attached hydrogens (tertiary/aromatic N) is 2. The molecule has 0 aliphatic carbocycles. The van der Waals surface area contributed by atoms with Gasteiger partial charge in [0.25, 0.3) is 0 Å². The number of benzene rings is 2. The van der Waals surface area contributed by atoms with Gasteiger partial charge >= 0.3 is 97.8 Å². The number of rotatable bonds is 6. The Kier molecular flexibility index (Phi) is 10.4. The van der Waals surface area contributed by atoms with Crippen LogP contribution >= 0.6 is 19.4 Å². The van der Waals surface area contributed by atoms with Crippen LogP contribution in [-0.2, 0) is 26.4 Å². The zero-order valence-corrected chi connectivity index (χ0v) is 24.6. The Labute approximate surface area is 214 Å². The van der Waals surface area contributed by atoms with Crippen molar-refractivity contribution < 1.29 is 22.7 Å². The van der Waals surface area contributed by atoms with E-state index in [1.54, 1.807) is 0 Å². The first-order chi connectivity index (χ1) is 15.4. The molecule has 1 heterocycles. The third-order valence-electron chi connectivity index (χ3n) is 5.60. The second kappa shape index (κ2) is 12.2. The maximum absolute atomic E-state index is 5.83. The first-order valence-corrected chi connectivity index (χ1v) is 17.1. The molecule has 33 heavy (non-hydrogen) atoms. The Morgan fingerprint density at radius 3 is 2.09 bits per heavy atom. The molecule has 1 fully saturated rings. The van der Waals surface area contributed by atoms with Gasteiger partial charge in [-0.1, -0.05) is 32.0 Å². The fourth-order valence-electron chi connectivity index (χ4n) is 4.52. The zero-order chi connectivity index (χ0) is 24.8. The van der Waals surface area contributed by atoms with Crippen LogP contribution in [0, 0.1) is 6.67 Å². The van der Waals surface area contributed by atoms with Gasteiger partial charge < -0.3 is 9.38 Å². The number of aromatic hydroxyl groups is 1. The summed E-state index contributed by atoms with van der Waals surface area (Å²) in [5, 5.41) is 0. The number of quaternary nitrogens is 1. The molecular weight excluding hydrogens is 540 g/mol. The molecule has 0 radical (unpaired) electrons. The van der Waals surface area contributed by atoms with Crippen molar-refractivity contribution in [3.63, 3.8) is 0 Å². The van der Waals surface area contributed by atoms with Crippen LogP contribution in [-0.4, -0.2) is 46.1 Å². The molecule has 6 heteroatoms. The van der Waals surface area contributed by atoms with Crippen molar-refractivity contribution in [2.45, 2.75) is 66.0 Å². The SMILES string of the molecule is CC(C)[OH+]c1ccccc1[CH]=[Ru]([Cl])[Cl].CCc1cccc(CC)c1N1[CH-][N+](C)(C)CC1(C)C. The van der Waals surface area contributed by atoms with Gasteiger partial charge in [0.2, 0.25) is 0 Å². The molecule has 0 atom stereocenters. The summed E-state index contributed by atoms with van der Waals surface area (Å²) in [6, 6.07) is 14.7. The summed E-state index contributed by atoms with van der Waals surface area (Å²) in [4.78, 5) is 2.52. The smallest absolute Gasteiger partial charge is 0.0763 e. The number of aryl methyl sites for hydroxylation is 2. The fourth-order valence-corrected chi connectivity index (χ4v) is 6.34. The van der Waals surface area contributed by atoms with Crippen molar-refractivity contribution in [1.29, 1.82) is 0 Å². The number of ether oxygens (including phenoxy) is 1. The summed E-state index contributed by atoms with van der Waals surface area (Å²) in [7, 11) is 16.2. The molecule has 0 unspecified atom stereocenters. The van der Waals surface area contributed by atoms with Crippen molar-refractivity contribution in [3.05, 3.63) is 65.8 Å². The van der Waals surface area contributed by atoms with Gasteiger partial charge in [-0.3, -0.25) is 0 Å². The van der Waals surface area contributed by atoms with E-state index in [-0.39, 0.29) is 11.6 Å². The molecule has 1 N–H and O–H groups in total. The van der Waals surface area contributed by atoms with Crippen LogP contribution in [0.5, 0.6) is 5.75 Å². The second-order valence-corrected chi connectivity index (χ2v) is 15.7. The van der Waals surface area contributed by atoms with E-state index in [2.05, 4.69) is 76.3 Å². The van der Waals surface area contributed by atoms with Gasteiger partial charge in [0.15, 0.2) is 0 Å². The molecular formula is C27H41Cl2N2ORu+. The molecule has 3 rings (SSSR count). The Balaban J connectivity index is 0.000000245.